The minimum absolute atomic E-state index is 0.0374. The van der Waals surface area contributed by atoms with Gasteiger partial charge in [0.1, 0.15) is 11.4 Å². The number of piperidine rings is 1. The number of aromatic nitrogens is 2. The zero-order valence-corrected chi connectivity index (χ0v) is 20.1. The topological polar surface area (TPSA) is 93.4 Å². The smallest absolute Gasteiger partial charge is 0.256 e. The molecule has 1 amide bonds. The second-order valence-electron chi connectivity index (χ2n) is 8.51. The monoisotopic (exact) mass is 483 g/mol. The number of hydrogen-bond acceptors (Lipinski definition) is 6. The molecule has 178 valence electrons. The summed E-state index contributed by atoms with van der Waals surface area (Å²) in [5, 5.41) is 3.23. The van der Waals surface area contributed by atoms with Gasteiger partial charge in [-0.1, -0.05) is 23.7 Å². The van der Waals surface area contributed by atoms with Crippen molar-refractivity contribution in [3.63, 3.8) is 0 Å². The van der Waals surface area contributed by atoms with E-state index in [4.69, 9.17) is 22.1 Å². The molecule has 0 aliphatic carbocycles. The number of amides is 1. The van der Waals surface area contributed by atoms with Crippen LogP contribution in [0.25, 0.3) is 11.3 Å². The molecule has 1 aromatic heterocycles. The SMILES string of the molecule is COc1nc(Nc2ccc(C3CCN(C)CC3)c(C)c2)nc(-c2c(F)cccc2Cl)c1C(N)=O. The molecule has 0 saturated carbocycles. The Bertz CT molecular complexity index is 1210. The molecule has 1 fully saturated rings. The molecule has 34 heavy (non-hydrogen) atoms. The van der Waals surface area contributed by atoms with E-state index in [2.05, 4.69) is 40.2 Å². The van der Waals surface area contributed by atoms with Gasteiger partial charge in [-0.05, 0) is 81.2 Å². The molecule has 0 atom stereocenters. The van der Waals surface area contributed by atoms with Crippen LogP contribution in [0.3, 0.4) is 0 Å². The first-order chi connectivity index (χ1) is 16.3. The Morgan fingerprint density at radius 1 is 1.24 bits per heavy atom. The number of carbonyl (C=O) groups is 1. The Kier molecular flexibility index (Phi) is 7.00. The van der Waals surface area contributed by atoms with Crippen molar-refractivity contribution in [2.24, 2.45) is 5.73 Å². The van der Waals surface area contributed by atoms with Crippen LogP contribution in [-0.4, -0.2) is 48.0 Å². The Morgan fingerprint density at radius 2 is 1.97 bits per heavy atom. The number of hydrogen-bond donors (Lipinski definition) is 2. The number of nitrogens with one attached hydrogen (secondary N) is 1. The highest BCUT2D eigenvalue weighted by Crippen LogP contribution is 2.36. The van der Waals surface area contributed by atoms with Crippen LogP contribution in [0.15, 0.2) is 36.4 Å². The third-order valence-electron chi connectivity index (χ3n) is 6.20. The normalized spacial score (nSPS) is 14.7. The van der Waals surface area contributed by atoms with Crippen LogP contribution in [0.4, 0.5) is 16.0 Å². The van der Waals surface area contributed by atoms with Crippen LogP contribution in [-0.2, 0) is 0 Å². The van der Waals surface area contributed by atoms with Crippen molar-refractivity contribution in [3.8, 4) is 17.1 Å². The summed E-state index contributed by atoms with van der Waals surface area (Å²) in [6.07, 6.45) is 2.26. The number of carbonyl (C=O) groups excluding carboxylic acids is 1. The number of nitrogens with zero attached hydrogens (tertiary/aromatic N) is 3. The Morgan fingerprint density at radius 3 is 2.59 bits per heavy atom. The summed E-state index contributed by atoms with van der Waals surface area (Å²) in [7, 11) is 3.50. The van der Waals surface area contributed by atoms with E-state index < -0.39 is 11.7 Å². The molecule has 0 spiro atoms. The van der Waals surface area contributed by atoms with Crippen molar-refractivity contribution in [1.29, 1.82) is 0 Å². The van der Waals surface area contributed by atoms with Crippen LogP contribution >= 0.6 is 11.6 Å². The van der Waals surface area contributed by atoms with Crippen LogP contribution in [0.1, 0.15) is 40.2 Å². The molecule has 3 N–H and O–H groups in total. The molecule has 0 bridgehead atoms. The van der Waals surface area contributed by atoms with Gasteiger partial charge in [0.15, 0.2) is 0 Å². The maximum atomic E-state index is 14.7. The highest BCUT2D eigenvalue weighted by molar-refractivity contribution is 6.33. The number of likely N-dealkylation sites (tertiary alicyclic amines) is 1. The average molecular weight is 484 g/mol. The molecule has 3 aromatic rings. The van der Waals surface area contributed by atoms with Crippen molar-refractivity contribution >= 4 is 29.1 Å². The number of aryl methyl sites for hydroxylation is 1. The van der Waals surface area contributed by atoms with Crippen molar-refractivity contribution in [2.45, 2.75) is 25.7 Å². The second-order valence-corrected chi connectivity index (χ2v) is 8.92. The van der Waals surface area contributed by atoms with Crippen LogP contribution < -0.4 is 15.8 Å². The van der Waals surface area contributed by atoms with E-state index in [0.29, 0.717) is 5.92 Å². The molecular formula is C25H27ClFN5O2. The molecule has 4 rings (SSSR count). The van der Waals surface area contributed by atoms with E-state index in [1.54, 1.807) is 0 Å². The first kappa shape index (κ1) is 23.9. The number of rotatable bonds is 6. The minimum Gasteiger partial charge on any atom is -0.480 e. The quantitative estimate of drug-likeness (QED) is 0.517. The van der Waals surface area contributed by atoms with Gasteiger partial charge in [0.05, 0.1) is 23.4 Å². The van der Waals surface area contributed by atoms with Crippen molar-refractivity contribution in [2.75, 3.05) is 32.6 Å². The maximum absolute atomic E-state index is 14.7. The van der Waals surface area contributed by atoms with Crippen molar-refractivity contribution < 1.29 is 13.9 Å². The Balaban J connectivity index is 1.71. The molecule has 1 saturated heterocycles. The number of anilines is 2. The van der Waals surface area contributed by atoms with Crippen LogP contribution in [0.5, 0.6) is 5.88 Å². The van der Waals surface area contributed by atoms with Gasteiger partial charge in [0, 0.05) is 5.69 Å². The number of primary amides is 1. The predicted molar refractivity (Wildman–Crippen MR) is 131 cm³/mol. The largest absolute Gasteiger partial charge is 0.480 e. The molecule has 2 heterocycles. The molecule has 9 heteroatoms. The molecule has 1 aliphatic rings. The lowest BCUT2D eigenvalue weighted by Crippen LogP contribution is -2.29. The Hall–Kier alpha value is -3.23. The zero-order valence-electron chi connectivity index (χ0n) is 19.4. The third kappa shape index (κ3) is 4.83. The standard InChI is InChI=1S/C25H27ClFN5O2/c1-14-13-16(7-8-17(14)15-9-11-32(2)12-10-15)29-25-30-22(20-18(26)5-4-6-19(20)27)21(23(28)33)24(31-25)34-3/h4-8,13,15H,9-12H2,1-3H3,(H2,28,33)(H,29,30,31). The fraction of sp³-hybridized carbons (Fsp3) is 0.320. The van der Waals surface area contributed by atoms with E-state index in [1.165, 1.54) is 30.9 Å². The summed E-state index contributed by atoms with van der Waals surface area (Å²) in [4.78, 5) is 23.2. The van der Waals surface area contributed by atoms with E-state index in [9.17, 15) is 9.18 Å². The summed E-state index contributed by atoms with van der Waals surface area (Å²) in [5.74, 6) is -0.899. The zero-order chi connectivity index (χ0) is 24.4. The second kappa shape index (κ2) is 9.95. The fourth-order valence-corrected chi connectivity index (χ4v) is 4.68. The molecule has 1 aliphatic heterocycles. The van der Waals surface area contributed by atoms with E-state index >= 15 is 0 Å². The maximum Gasteiger partial charge on any atom is 0.256 e. The first-order valence-electron chi connectivity index (χ1n) is 11.0. The van der Waals surface area contributed by atoms with Crippen molar-refractivity contribution in [1.82, 2.24) is 14.9 Å². The number of nitrogens with two attached hydrogens (primary N) is 1. The lowest BCUT2D eigenvalue weighted by molar-refractivity contribution is 0.0997. The van der Waals surface area contributed by atoms with Gasteiger partial charge >= 0.3 is 0 Å². The number of benzene rings is 2. The van der Waals surface area contributed by atoms with E-state index in [1.807, 2.05) is 12.1 Å². The highest BCUT2D eigenvalue weighted by Gasteiger charge is 2.25. The van der Waals surface area contributed by atoms with Gasteiger partial charge < -0.3 is 20.7 Å². The third-order valence-corrected chi connectivity index (χ3v) is 6.51. The Labute approximate surface area is 203 Å². The van der Waals surface area contributed by atoms with E-state index in [0.717, 1.165) is 37.2 Å². The molecule has 7 nitrogen and oxygen atoms in total. The van der Waals surface area contributed by atoms with Gasteiger partial charge in [-0.15, -0.1) is 0 Å². The molecule has 2 aromatic carbocycles. The lowest BCUT2D eigenvalue weighted by Gasteiger charge is -2.30. The van der Waals surface area contributed by atoms with E-state index in [-0.39, 0.29) is 33.7 Å². The highest BCUT2D eigenvalue weighted by atomic mass is 35.5. The molecular weight excluding hydrogens is 457 g/mol. The van der Waals surface area contributed by atoms with Crippen molar-refractivity contribution in [3.05, 3.63) is 63.9 Å². The number of halogens is 2. The van der Waals surface area contributed by atoms with Gasteiger partial charge in [0.2, 0.25) is 11.8 Å². The summed E-state index contributed by atoms with van der Waals surface area (Å²) < 4.78 is 20.0. The van der Waals surface area contributed by atoms with Gasteiger partial charge in [0.25, 0.3) is 5.91 Å². The average Bonchev–Trinajstić information content (AvgIpc) is 2.79. The fourth-order valence-electron chi connectivity index (χ4n) is 4.43. The minimum atomic E-state index is -0.851. The van der Waals surface area contributed by atoms with Gasteiger partial charge in [-0.3, -0.25) is 4.79 Å². The summed E-state index contributed by atoms with van der Waals surface area (Å²) in [6.45, 7) is 4.26. The molecule has 0 radical (unpaired) electrons. The van der Waals surface area contributed by atoms with Crippen LogP contribution in [0, 0.1) is 12.7 Å². The predicted octanol–water partition coefficient (Wildman–Crippen LogP) is 4.90. The summed E-state index contributed by atoms with van der Waals surface area (Å²) in [5.41, 5.74) is 8.59. The van der Waals surface area contributed by atoms with Gasteiger partial charge in [-0.2, -0.15) is 4.98 Å². The number of ether oxygens (including phenoxy) is 1. The van der Waals surface area contributed by atoms with Gasteiger partial charge in [-0.25, -0.2) is 9.37 Å². The first-order valence-corrected chi connectivity index (χ1v) is 11.4. The van der Waals surface area contributed by atoms with Crippen LogP contribution in [0.2, 0.25) is 5.02 Å². The lowest BCUT2D eigenvalue weighted by atomic mass is 9.87. The molecule has 0 unspecified atom stereocenters. The summed E-state index contributed by atoms with van der Waals surface area (Å²) >= 11 is 6.25. The summed E-state index contributed by atoms with van der Waals surface area (Å²) in [6, 6.07) is 10.3. The number of methoxy groups -OCH3 is 1.